The van der Waals surface area contributed by atoms with E-state index in [1.165, 1.54) is 5.39 Å². The lowest BCUT2D eigenvalue weighted by molar-refractivity contribution is -0.141. The second-order valence-electron chi connectivity index (χ2n) is 10.7. The molecular weight excluding hydrogens is 496 g/mol. The highest BCUT2D eigenvalue weighted by atomic mass is 16.5. The predicted molar refractivity (Wildman–Crippen MR) is 160 cm³/mol. The zero-order valence-electron chi connectivity index (χ0n) is 23.2. The van der Waals surface area contributed by atoms with Gasteiger partial charge >= 0.3 is 0 Å². The second kappa shape index (κ2) is 13.3. The van der Waals surface area contributed by atoms with Gasteiger partial charge in [0.2, 0.25) is 11.8 Å². The summed E-state index contributed by atoms with van der Waals surface area (Å²) >= 11 is 0. The van der Waals surface area contributed by atoms with Crippen LogP contribution in [0.2, 0.25) is 0 Å². The molecule has 1 atom stereocenters. The van der Waals surface area contributed by atoms with Crippen LogP contribution in [0.4, 0.5) is 0 Å². The molecule has 5 heteroatoms. The summed E-state index contributed by atoms with van der Waals surface area (Å²) in [5.41, 5.74) is 3.11. The maximum Gasteiger partial charge on any atom is 0.243 e. The van der Waals surface area contributed by atoms with Crippen molar-refractivity contribution in [3.63, 3.8) is 0 Å². The monoisotopic (exact) mass is 534 g/mol. The lowest BCUT2D eigenvalue weighted by atomic mass is 9.99. The van der Waals surface area contributed by atoms with Gasteiger partial charge in [0.05, 0.1) is 7.11 Å². The van der Waals surface area contributed by atoms with E-state index in [2.05, 4.69) is 29.6 Å². The van der Waals surface area contributed by atoms with Gasteiger partial charge in [0.1, 0.15) is 11.8 Å². The van der Waals surface area contributed by atoms with Crippen molar-refractivity contribution in [2.75, 3.05) is 7.11 Å². The highest BCUT2D eigenvalue weighted by molar-refractivity contribution is 5.89. The van der Waals surface area contributed by atoms with E-state index in [1.807, 2.05) is 72.8 Å². The smallest absolute Gasteiger partial charge is 0.243 e. The number of fused-ring (bicyclic) bond motifs is 1. The number of aryl methyl sites for hydroxylation is 1. The minimum absolute atomic E-state index is 0.0294. The minimum atomic E-state index is -0.616. The first-order valence-corrected chi connectivity index (χ1v) is 14.3. The lowest BCUT2D eigenvalue weighted by Crippen LogP contribution is -2.52. The number of nitrogens with zero attached hydrogens (tertiary/aromatic N) is 1. The second-order valence-corrected chi connectivity index (χ2v) is 10.7. The molecular formula is C35H38N2O3. The molecule has 1 unspecified atom stereocenters. The van der Waals surface area contributed by atoms with Gasteiger partial charge in [-0.25, -0.2) is 0 Å². The quantitative estimate of drug-likeness (QED) is 0.240. The molecule has 4 aromatic rings. The van der Waals surface area contributed by atoms with Crippen molar-refractivity contribution < 1.29 is 14.3 Å². The van der Waals surface area contributed by atoms with Crippen molar-refractivity contribution >= 4 is 22.6 Å². The molecule has 4 aromatic carbocycles. The molecule has 5 rings (SSSR count). The molecule has 0 aliphatic heterocycles. The highest BCUT2D eigenvalue weighted by Gasteiger charge is 2.32. The summed E-state index contributed by atoms with van der Waals surface area (Å²) in [7, 11) is 1.64. The van der Waals surface area contributed by atoms with Crippen LogP contribution in [-0.4, -0.2) is 35.9 Å². The van der Waals surface area contributed by atoms with Gasteiger partial charge in [0.25, 0.3) is 0 Å². The van der Waals surface area contributed by atoms with Crippen LogP contribution in [0.1, 0.15) is 48.8 Å². The Labute approximate surface area is 237 Å². The van der Waals surface area contributed by atoms with Crippen LogP contribution in [0.15, 0.2) is 97.1 Å². The van der Waals surface area contributed by atoms with Gasteiger partial charge in [-0.15, -0.1) is 0 Å². The van der Waals surface area contributed by atoms with Crippen molar-refractivity contribution in [3.8, 4) is 5.75 Å². The predicted octanol–water partition coefficient (Wildman–Crippen LogP) is 6.48. The van der Waals surface area contributed by atoms with E-state index < -0.39 is 6.04 Å². The van der Waals surface area contributed by atoms with Crippen LogP contribution in [0, 0.1) is 0 Å². The number of ether oxygens (including phenoxy) is 1. The Kier molecular flexibility index (Phi) is 9.12. The van der Waals surface area contributed by atoms with Gasteiger partial charge in [0, 0.05) is 25.4 Å². The number of rotatable bonds is 11. The third-order valence-corrected chi connectivity index (χ3v) is 7.95. The Balaban J connectivity index is 1.44. The molecule has 0 heterocycles. The molecule has 206 valence electrons. The first-order valence-electron chi connectivity index (χ1n) is 14.3. The van der Waals surface area contributed by atoms with E-state index in [1.54, 1.807) is 12.0 Å². The maximum atomic E-state index is 14.1. The normalized spacial score (nSPS) is 14.1. The molecule has 40 heavy (non-hydrogen) atoms. The summed E-state index contributed by atoms with van der Waals surface area (Å²) in [6.45, 7) is 0.334. The van der Waals surface area contributed by atoms with Crippen LogP contribution in [-0.2, 0) is 29.0 Å². The van der Waals surface area contributed by atoms with Gasteiger partial charge < -0.3 is 15.0 Å². The molecule has 0 bridgehead atoms. The zero-order chi connectivity index (χ0) is 27.7. The van der Waals surface area contributed by atoms with E-state index in [9.17, 15) is 9.59 Å². The highest BCUT2D eigenvalue weighted by Crippen LogP contribution is 2.24. The Morgan fingerprint density at radius 1 is 0.875 bits per heavy atom. The largest absolute Gasteiger partial charge is 0.497 e. The SMILES string of the molecule is COc1cccc(CN(C(=O)CCc2cccc3ccccc23)C(Cc2ccccc2)C(=O)NC2CCCC2)c1. The molecule has 1 fully saturated rings. The summed E-state index contributed by atoms with van der Waals surface area (Å²) < 4.78 is 5.45. The van der Waals surface area contributed by atoms with Crippen LogP contribution in [0.3, 0.4) is 0 Å². The summed E-state index contributed by atoms with van der Waals surface area (Å²) in [6, 6.07) is 31.8. The molecule has 0 saturated heterocycles. The number of nitrogens with one attached hydrogen (secondary N) is 1. The van der Waals surface area contributed by atoms with Crippen molar-refractivity contribution in [1.82, 2.24) is 10.2 Å². The van der Waals surface area contributed by atoms with Gasteiger partial charge in [-0.2, -0.15) is 0 Å². The first kappa shape index (κ1) is 27.4. The molecule has 1 aliphatic rings. The standard InChI is InChI=1S/C35H38N2O3/c1-40-31-19-9-13-27(23-31)25-37(34(38)22-21-29-16-10-15-28-14-5-8-20-32(28)29)33(24-26-11-3-2-4-12-26)35(39)36-30-17-6-7-18-30/h2-5,8-16,19-20,23,30,33H,6-7,17-18,21-22,24-25H2,1H3,(H,36,39). The third kappa shape index (κ3) is 6.90. The van der Waals surface area contributed by atoms with Gasteiger partial charge in [0.15, 0.2) is 0 Å². The van der Waals surface area contributed by atoms with Crippen molar-refractivity contribution in [1.29, 1.82) is 0 Å². The Morgan fingerprint density at radius 2 is 1.57 bits per heavy atom. The molecule has 2 amide bonds. The van der Waals surface area contributed by atoms with Crippen molar-refractivity contribution in [3.05, 3.63) is 114 Å². The summed E-state index contributed by atoms with van der Waals surface area (Å²) in [5, 5.41) is 5.61. The Bertz CT molecular complexity index is 1420. The Hall–Kier alpha value is -4.12. The van der Waals surface area contributed by atoms with Crippen molar-refractivity contribution in [2.45, 2.75) is 63.6 Å². The molecule has 1 aliphatic carbocycles. The van der Waals surface area contributed by atoms with Crippen LogP contribution >= 0.6 is 0 Å². The molecule has 0 aromatic heterocycles. The molecule has 1 saturated carbocycles. The van der Waals surface area contributed by atoms with E-state index in [0.29, 0.717) is 25.8 Å². The average molecular weight is 535 g/mol. The number of hydrogen-bond acceptors (Lipinski definition) is 3. The van der Waals surface area contributed by atoms with E-state index in [-0.39, 0.29) is 17.9 Å². The van der Waals surface area contributed by atoms with Crippen LogP contribution in [0.5, 0.6) is 5.75 Å². The summed E-state index contributed by atoms with van der Waals surface area (Å²) in [4.78, 5) is 29.8. The number of benzene rings is 4. The number of carbonyl (C=O) groups excluding carboxylic acids is 2. The third-order valence-electron chi connectivity index (χ3n) is 7.95. The Morgan fingerprint density at radius 3 is 2.38 bits per heavy atom. The number of amides is 2. The molecule has 0 radical (unpaired) electrons. The van der Waals surface area contributed by atoms with Gasteiger partial charge in [-0.3, -0.25) is 9.59 Å². The number of hydrogen-bond donors (Lipinski definition) is 1. The number of methoxy groups -OCH3 is 1. The van der Waals surface area contributed by atoms with E-state index in [4.69, 9.17) is 4.74 Å². The summed E-state index contributed by atoms with van der Waals surface area (Å²) in [5.74, 6) is 0.631. The van der Waals surface area contributed by atoms with E-state index in [0.717, 1.165) is 53.5 Å². The van der Waals surface area contributed by atoms with Crippen LogP contribution in [0.25, 0.3) is 10.8 Å². The topological polar surface area (TPSA) is 58.6 Å². The lowest BCUT2D eigenvalue weighted by Gasteiger charge is -2.32. The molecule has 0 spiro atoms. The molecule has 5 nitrogen and oxygen atoms in total. The fourth-order valence-corrected chi connectivity index (χ4v) is 5.78. The van der Waals surface area contributed by atoms with Crippen LogP contribution < -0.4 is 10.1 Å². The average Bonchev–Trinajstić information content (AvgIpc) is 3.51. The van der Waals surface area contributed by atoms with Crippen molar-refractivity contribution in [2.24, 2.45) is 0 Å². The summed E-state index contributed by atoms with van der Waals surface area (Å²) in [6.07, 6.45) is 5.64. The first-order chi connectivity index (χ1) is 19.6. The van der Waals surface area contributed by atoms with E-state index >= 15 is 0 Å². The van der Waals surface area contributed by atoms with Gasteiger partial charge in [-0.1, -0.05) is 97.8 Å². The molecule has 1 N–H and O–H groups in total. The zero-order valence-corrected chi connectivity index (χ0v) is 23.2. The maximum absolute atomic E-state index is 14.1. The van der Waals surface area contributed by atoms with Gasteiger partial charge in [-0.05, 0) is 58.9 Å². The number of carbonyl (C=O) groups is 2. The fourth-order valence-electron chi connectivity index (χ4n) is 5.78. The minimum Gasteiger partial charge on any atom is -0.497 e. The fraction of sp³-hybridized carbons (Fsp3) is 0.314.